The molecule has 0 radical (unpaired) electrons. The minimum Gasteiger partial charge on any atom is -0.311 e. The molecule has 0 unspecified atom stereocenters. The van der Waals surface area contributed by atoms with Crippen molar-refractivity contribution in [3.63, 3.8) is 0 Å². The first kappa shape index (κ1) is 32.7. The van der Waals surface area contributed by atoms with E-state index in [1.807, 2.05) is 12.1 Å². The number of aromatic nitrogens is 3. The zero-order valence-electron chi connectivity index (χ0n) is 31.1. The zero-order valence-corrected chi connectivity index (χ0v) is 31.1. The number of anilines is 3. The molecule has 0 aliphatic rings. The van der Waals surface area contributed by atoms with E-state index in [2.05, 4.69) is 220 Å². The second-order valence-corrected chi connectivity index (χ2v) is 14.5. The maximum Gasteiger partial charge on any atom is 0.137 e. The van der Waals surface area contributed by atoms with Gasteiger partial charge in [-0.25, -0.2) is 4.98 Å². The molecule has 0 N–H and O–H groups in total. The third-order valence-corrected chi connectivity index (χ3v) is 11.1. The van der Waals surface area contributed by atoms with Crippen molar-refractivity contribution in [2.24, 2.45) is 0 Å². The van der Waals surface area contributed by atoms with Gasteiger partial charge in [-0.15, -0.1) is 0 Å². The summed E-state index contributed by atoms with van der Waals surface area (Å²) in [5.74, 6) is 0. The first-order chi connectivity index (χ1) is 28.3. The number of benzene rings is 8. The smallest absolute Gasteiger partial charge is 0.137 e. The Balaban J connectivity index is 0.935. The van der Waals surface area contributed by atoms with E-state index in [1.165, 1.54) is 43.7 Å². The average Bonchev–Trinajstić information content (AvgIpc) is 3.83. The third-order valence-electron chi connectivity index (χ3n) is 11.1. The molecule has 0 saturated heterocycles. The molecule has 0 bridgehead atoms. The van der Waals surface area contributed by atoms with Crippen LogP contribution in [0.4, 0.5) is 17.1 Å². The van der Waals surface area contributed by atoms with Crippen LogP contribution >= 0.6 is 0 Å². The highest BCUT2D eigenvalue weighted by atomic mass is 15.1. The molecule has 11 rings (SSSR count). The van der Waals surface area contributed by atoms with Gasteiger partial charge in [0.25, 0.3) is 0 Å². The van der Waals surface area contributed by atoms with Gasteiger partial charge in [-0.3, -0.25) is 4.40 Å². The molecule has 0 saturated carbocycles. The molecule has 4 nitrogen and oxygen atoms in total. The number of rotatable bonds is 7. The van der Waals surface area contributed by atoms with Crippen molar-refractivity contribution in [1.29, 1.82) is 0 Å². The Morgan fingerprint density at radius 3 is 1.67 bits per heavy atom. The topological polar surface area (TPSA) is 25.5 Å². The van der Waals surface area contributed by atoms with Gasteiger partial charge in [0.05, 0.1) is 22.4 Å². The van der Waals surface area contributed by atoms with E-state index in [1.54, 1.807) is 0 Å². The lowest BCUT2D eigenvalue weighted by Crippen LogP contribution is -2.09. The molecule has 0 amide bonds. The predicted octanol–water partition coefficient (Wildman–Crippen LogP) is 14.1. The maximum absolute atomic E-state index is 5.05. The average molecular weight is 729 g/mol. The molecule has 0 aliphatic heterocycles. The fraction of sp³-hybridized carbons (Fsp3) is 0. The summed E-state index contributed by atoms with van der Waals surface area (Å²) in [6.45, 7) is 0. The van der Waals surface area contributed by atoms with Crippen molar-refractivity contribution in [3.8, 4) is 39.3 Å². The number of hydrogen-bond acceptors (Lipinski definition) is 2. The minimum absolute atomic E-state index is 0.927. The second-order valence-electron chi connectivity index (χ2n) is 14.5. The highest BCUT2D eigenvalue weighted by Gasteiger charge is 2.18. The van der Waals surface area contributed by atoms with Crippen LogP contribution in [0.2, 0.25) is 0 Å². The Bertz CT molecular complexity index is 3200. The quantitative estimate of drug-likeness (QED) is 0.163. The van der Waals surface area contributed by atoms with E-state index in [0.717, 1.165) is 50.9 Å². The van der Waals surface area contributed by atoms with Gasteiger partial charge in [0, 0.05) is 50.8 Å². The Hall–Kier alpha value is -7.69. The highest BCUT2D eigenvalue weighted by Crippen LogP contribution is 2.39. The van der Waals surface area contributed by atoms with Gasteiger partial charge in [-0.05, 0) is 101 Å². The lowest BCUT2D eigenvalue weighted by molar-refractivity contribution is 1.18. The highest BCUT2D eigenvalue weighted by molar-refractivity contribution is 6.13. The second kappa shape index (κ2) is 13.6. The summed E-state index contributed by atoms with van der Waals surface area (Å²) < 4.78 is 4.58. The molecule has 3 heterocycles. The van der Waals surface area contributed by atoms with Gasteiger partial charge >= 0.3 is 0 Å². The monoisotopic (exact) mass is 728 g/mol. The van der Waals surface area contributed by atoms with Crippen LogP contribution in [0.15, 0.2) is 219 Å². The third kappa shape index (κ3) is 5.66. The first-order valence-electron chi connectivity index (χ1n) is 19.4. The van der Waals surface area contributed by atoms with Crippen LogP contribution in [-0.2, 0) is 0 Å². The van der Waals surface area contributed by atoms with Gasteiger partial charge < -0.3 is 9.47 Å². The van der Waals surface area contributed by atoms with E-state index in [4.69, 9.17) is 4.98 Å². The van der Waals surface area contributed by atoms with Gasteiger partial charge in [0.15, 0.2) is 0 Å². The summed E-state index contributed by atoms with van der Waals surface area (Å²) in [7, 11) is 0. The van der Waals surface area contributed by atoms with Crippen molar-refractivity contribution < 1.29 is 0 Å². The van der Waals surface area contributed by atoms with Gasteiger partial charge in [0.1, 0.15) is 5.65 Å². The van der Waals surface area contributed by atoms with E-state index in [-0.39, 0.29) is 0 Å². The molecule has 0 fully saturated rings. The number of fused-ring (bicyclic) bond motifs is 5. The molecule has 0 aliphatic carbocycles. The van der Waals surface area contributed by atoms with Crippen LogP contribution in [0.5, 0.6) is 0 Å². The van der Waals surface area contributed by atoms with Crippen molar-refractivity contribution in [1.82, 2.24) is 14.0 Å². The first-order valence-corrected chi connectivity index (χ1v) is 19.4. The molecule has 0 atom stereocenters. The number of pyridine rings is 1. The van der Waals surface area contributed by atoms with Crippen molar-refractivity contribution in [2.75, 3.05) is 4.90 Å². The fourth-order valence-electron chi connectivity index (χ4n) is 8.40. The molecule has 3 aromatic heterocycles. The SMILES string of the molecule is c1ccc(-c2nc3ccccn3c2-c2ccc(N(c3ccccc3)c3ccc(-c4ccc(-n5c6ccccc6c6cc7ccccc7cc65)cc4)cc3)cc2)cc1. The summed E-state index contributed by atoms with van der Waals surface area (Å²) in [6, 6.07) is 75.9. The minimum atomic E-state index is 0.927. The summed E-state index contributed by atoms with van der Waals surface area (Å²) in [5.41, 5.74) is 14.4. The number of hydrogen-bond donors (Lipinski definition) is 0. The van der Waals surface area contributed by atoms with Gasteiger partial charge in [0.2, 0.25) is 0 Å². The number of nitrogens with zero attached hydrogens (tertiary/aromatic N) is 4. The lowest BCUT2D eigenvalue weighted by atomic mass is 10.0. The Kier molecular flexibility index (Phi) is 7.78. The molecule has 11 aromatic rings. The molecule has 268 valence electrons. The predicted molar refractivity (Wildman–Crippen MR) is 238 cm³/mol. The van der Waals surface area contributed by atoms with E-state index < -0.39 is 0 Å². The largest absolute Gasteiger partial charge is 0.311 e. The van der Waals surface area contributed by atoms with E-state index >= 15 is 0 Å². The fourth-order valence-corrected chi connectivity index (χ4v) is 8.40. The molecular weight excluding hydrogens is 693 g/mol. The normalized spacial score (nSPS) is 11.5. The van der Waals surface area contributed by atoms with Crippen molar-refractivity contribution in [3.05, 3.63) is 219 Å². The van der Waals surface area contributed by atoms with Crippen LogP contribution in [-0.4, -0.2) is 14.0 Å². The van der Waals surface area contributed by atoms with Gasteiger partial charge in [-0.2, -0.15) is 0 Å². The van der Waals surface area contributed by atoms with Crippen molar-refractivity contribution in [2.45, 2.75) is 0 Å². The van der Waals surface area contributed by atoms with Gasteiger partial charge in [-0.1, -0.05) is 133 Å². The Labute approximate surface area is 330 Å². The number of para-hydroxylation sites is 2. The van der Waals surface area contributed by atoms with E-state index in [0.29, 0.717) is 0 Å². The van der Waals surface area contributed by atoms with Crippen LogP contribution < -0.4 is 4.90 Å². The summed E-state index contributed by atoms with van der Waals surface area (Å²) >= 11 is 0. The molecule has 57 heavy (non-hydrogen) atoms. The molecule has 0 spiro atoms. The molecule has 4 heteroatoms. The lowest BCUT2D eigenvalue weighted by Gasteiger charge is -2.26. The maximum atomic E-state index is 5.05. The van der Waals surface area contributed by atoms with E-state index in [9.17, 15) is 0 Å². The van der Waals surface area contributed by atoms with Crippen LogP contribution in [0.3, 0.4) is 0 Å². The summed E-state index contributed by atoms with van der Waals surface area (Å²) in [6.07, 6.45) is 2.09. The zero-order chi connectivity index (χ0) is 37.7. The number of imidazole rings is 1. The molecule has 8 aromatic carbocycles. The van der Waals surface area contributed by atoms with Crippen molar-refractivity contribution >= 4 is 55.3 Å². The molecular formula is C53H36N4. The Morgan fingerprint density at radius 1 is 0.386 bits per heavy atom. The van der Waals surface area contributed by atoms with Crippen LogP contribution in [0.25, 0.3) is 77.6 Å². The summed E-state index contributed by atoms with van der Waals surface area (Å²) in [5, 5.41) is 5.04. The standard InChI is InChI=1S/C53H36N4/c1-3-13-39(14-4-1)52-53(55-34-12-11-21-51(55)54-52)40-26-32-45(33-27-40)56(43-17-5-2-6-18-43)44-28-22-37(23-29-44)38-24-30-46(31-25-38)57-49-20-10-9-19-47(49)48-35-41-15-7-8-16-42(41)36-50(48)57/h1-36H. The van der Waals surface area contributed by atoms with Crippen LogP contribution in [0, 0.1) is 0 Å². The Morgan fingerprint density at radius 2 is 0.947 bits per heavy atom. The summed E-state index contributed by atoms with van der Waals surface area (Å²) in [4.78, 5) is 7.36. The van der Waals surface area contributed by atoms with Crippen LogP contribution in [0.1, 0.15) is 0 Å².